The van der Waals surface area contributed by atoms with E-state index in [4.69, 9.17) is 9.47 Å². The van der Waals surface area contributed by atoms with Gasteiger partial charge in [-0.25, -0.2) is 0 Å². The Morgan fingerprint density at radius 2 is 2.13 bits per heavy atom. The van der Waals surface area contributed by atoms with Crippen molar-refractivity contribution in [1.82, 2.24) is 5.32 Å². The minimum absolute atomic E-state index is 0.0560. The Hall–Kier alpha value is -1.23. The van der Waals surface area contributed by atoms with Gasteiger partial charge in [0.25, 0.3) is 0 Å². The van der Waals surface area contributed by atoms with Gasteiger partial charge in [0.1, 0.15) is 0 Å². The average molecular weight is 272 g/mol. The molecule has 2 rings (SSSR count). The summed E-state index contributed by atoms with van der Waals surface area (Å²) < 4.78 is 11.4. The lowest BCUT2D eigenvalue weighted by Gasteiger charge is -2.06. The summed E-state index contributed by atoms with van der Waals surface area (Å²) in [4.78, 5) is 10.8. The summed E-state index contributed by atoms with van der Waals surface area (Å²) >= 11 is 3.41. The Morgan fingerprint density at radius 1 is 1.47 bits per heavy atom. The lowest BCUT2D eigenvalue weighted by atomic mass is 10.2. The van der Waals surface area contributed by atoms with Crippen molar-refractivity contribution in [3.05, 3.63) is 22.2 Å². The van der Waals surface area contributed by atoms with Crippen LogP contribution in [0.5, 0.6) is 11.5 Å². The van der Waals surface area contributed by atoms with Gasteiger partial charge in [0.2, 0.25) is 12.7 Å². The molecule has 80 valence electrons. The van der Waals surface area contributed by atoms with Crippen molar-refractivity contribution < 1.29 is 14.3 Å². The molecule has 0 saturated heterocycles. The Balaban J connectivity index is 2.21. The van der Waals surface area contributed by atoms with E-state index in [0.717, 1.165) is 21.5 Å². The zero-order chi connectivity index (χ0) is 10.8. The van der Waals surface area contributed by atoms with Crippen LogP contribution in [0.2, 0.25) is 0 Å². The molecule has 1 amide bonds. The molecule has 4 nitrogen and oxygen atoms in total. The van der Waals surface area contributed by atoms with Gasteiger partial charge in [-0.05, 0) is 17.7 Å². The highest BCUT2D eigenvalue weighted by Gasteiger charge is 2.16. The van der Waals surface area contributed by atoms with Gasteiger partial charge in [0.05, 0.1) is 0 Å². The number of halogens is 1. The topological polar surface area (TPSA) is 47.6 Å². The van der Waals surface area contributed by atoms with Gasteiger partial charge in [-0.3, -0.25) is 4.79 Å². The number of amides is 1. The molecule has 5 heteroatoms. The van der Waals surface area contributed by atoms with Gasteiger partial charge in [-0.1, -0.05) is 15.9 Å². The fourth-order valence-corrected chi connectivity index (χ4v) is 1.78. The van der Waals surface area contributed by atoms with Crippen molar-refractivity contribution >= 4 is 21.8 Å². The first kappa shape index (κ1) is 10.3. The molecule has 0 atom stereocenters. The standard InChI is InChI=1S/C10H10BrNO3/c1-6(13)12-4-7-2-9-10(3-8(7)11)15-5-14-9/h2-3H,4-5H2,1H3,(H,12,13). The van der Waals surface area contributed by atoms with E-state index in [0.29, 0.717) is 6.54 Å². The number of rotatable bonds is 2. The Bertz CT molecular complexity index is 406. The normalized spacial score (nSPS) is 12.7. The summed E-state index contributed by atoms with van der Waals surface area (Å²) in [5, 5.41) is 2.73. The molecule has 0 aliphatic carbocycles. The predicted octanol–water partition coefficient (Wildman–Crippen LogP) is 1.81. The van der Waals surface area contributed by atoms with Gasteiger partial charge in [0.15, 0.2) is 11.5 Å². The first-order chi connectivity index (χ1) is 7.16. The van der Waals surface area contributed by atoms with Crippen LogP contribution < -0.4 is 14.8 Å². The molecule has 0 aromatic heterocycles. The SMILES string of the molecule is CC(=O)NCc1cc2c(cc1Br)OCO2. The summed E-state index contributed by atoms with van der Waals surface area (Å²) in [5.41, 5.74) is 0.967. The fraction of sp³-hybridized carbons (Fsp3) is 0.300. The number of nitrogens with one attached hydrogen (secondary N) is 1. The highest BCUT2D eigenvalue weighted by molar-refractivity contribution is 9.10. The molecule has 1 aromatic carbocycles. The number of carbonyl (C=O) groups excluding carboxylic acids is 1. The highest BCUT2D eigenvalue weighted by atomic mass is 79.9. The molecule has 0 saturated carbocycles. The van der Waals surface area contributed by atoms with Crippen LogP contribution in [-0.2, 0) is 11.3 Å². The van der Waals surface area contributed by atoms with E-state index < -0.39 is 0 Å². The fourth-order valence-electron chi connectivity index (χ4n) is 1.31. The Morgan fingerprint density at radius 3 is 2.80 bits per heavy atom. The van der Waals surface area contributed by atoms with Crippen LogP contribution >= 0.6 is 15.9 Å². The van der Waals surface area contributed by atoms with E-state index >= 15 is 0 Å². The summed E-state index contributed by atoms with van der Waals surface area (Å²) in [6.07, 6.45) is 0. The van der Waals surface area contributed by atoms with Gasteiger partial charge in [0, 0.05) is 17.9 Å². The van der Waals surface area contributed by atoms with E-state index in [1.54, 1.807) is 0 Å². The van der Waals surface area contributed by atoms with Crippen LogP contribution in [0.1, 0.15) is 12.5 Å². The maximum Gasteiger partial charge on any atom is 0.231 e. The molecule has 1 aliphatic heterocycles. The van der Waals surface area contributed by atoms with Crippen LogP contribution in [0.3, 0.4) is 0 Å². The van der Waals surface area contributed by atoms with E-state index in [9.17, 15) is 4.79 Å². The van der Waals surface area contributed by atoms with Crippen LogP contribution in [0.15, 0.2) is 16.6 Å². The third-order valence-corrected chi connectivity index (χ3v) is 2.81. The second-order valence-electron chi connectivity index (χ2n) is 3.21. The minimum Gasteiger partial charge on any atom is -0.454 e. The molecule has 0 radical (unpaired) electrons. The molecule has 15 heavy (non-hydrogen) atoms. The maximum atomic E-state index is 10.8. The van der Waals surface area contributed by atoms with E-state index in [1.807, 2.05) is 12.1 Å². The first-order valence-electron chi connectivity index (χ1n) is 4.49. The van der Waals surface area contributed by atoms with Gasteiger partial charge >= 0.3 is 0 Å². The Kier molecular flexibility index (Phi) is 2.81. The second kappa shape index (κ2) is 4.10. The van der Waals surface area contributed by atoms with Crippen molar-refractivity contribution in [2.24, 2.45) is 0 Å². The summed E-state index contributed by atoms with van der Waals surface area (Å²) in [6.45, 7) is 2.22. The van der Waals surface area contributed by atoms with Gasteiger partial charge in [-0.2, -0.15) is 0 Å². The maximum absolute atomic E-state index is 10.8. The molecule has 0 spiro atoms. The van der Waals surface area contributed by atoms with E-state index in [2.05, 4.69) is 21.2 Å². The lowest BCUT2D eigenvalue weighted by Crippen LogP contribution is -2.19. The largest absolute Gasteiger partial charge is 0.454 e. The third-order valence-electron chi connectivity index (χ3n) is 2.07. The molecule has 0 bridgehead atoms. The Labute approximate surface area is 95.7 Å². The summed E-state index contributed by atoms with van der Waals surface area (Å²) in [5.74, 6) is 1.39. The third kappa shape index (κ3) is 2.23. The van der Waals surface area contributed by atoms with Crippen molar-refractivity contribution in [3.8, 4) is 11.5 Å². The molecular formula is C10H10BrNO3. The predicted molar refractivity (Wildman–Crippen MR) is 57.8 cm³/mol. The van der Waals surface area contributed by atoms with Crippen molar-refractivity contribution in [3.63, 3.8) is 0 Å². The van der Waals surface area contributed by atoms with Crippen molar-refractivity contribution in [1.29, 1.82) is 0 Å². The molecule has 0 unspecified atom stereocenters. The molecule has 1 aromatic rings. The molecule has 1 aliphatic rings. The van der Waals surface area contributed by atoms with Crippen LogP contribution in [-0.4, -0.2) is 12.7 Å². The summed E-state index contributed by atoms with van der Waals surface area (Å²) in [7, 11) is 0. The van der Waals surface area contributed by atoms with Crippen LogP contribution in [0.25, 0.3) is 0 Å². The molecule has 0 fully saturated rings. The molecular weight excluding hydrogens is 262 g/mol. The van der Waals surface area contributed by atoms with Crippen LogP contribution in [0.4, 0.5) is 0 Å². The number of hydrogen-bond donors (Lipinski definition) is 1. The number of carbonyl (C=O) groups is 1. The number of fused-ring (bicyclic) bond motifs is 1. The monoisotopic (exact) mass is 271 g/mol. The minimum atomic E-state index is -0.0560. The first-order valence-corrected chi connectivity index (χ1v) is 5.28. The van der Waals surface area contributed by atoms with Crippen molar-refractivity contribution in [2.75, 3.05) is 6.79 Å². The average Bonchev–Trinajstić information content (AvgIpc) is 2.60. The number of hydrogen-bond acceptors (Lipinski definition) is 3. The zero-order valence-corrected chi connectivity index (χ0v) is 9.76. The van der Waals surface area contributed by atoms with Gasteiger partial charge in [-0.15, -0.1) is 0 Å². The molecule has 1 heterocycles. The van der Waals surface area contributed by atoms with Crippen molar-refractivity contribution in [2.45, 2.75) is 13.5 Å². The lowest BCUT2D eigenvalue weighted by molar-refractivity contribution is -0.119. The number of benzene rings is 1. The highest BCUT2D eigenvalue weighted by Crippen LogP contribution is 2.36. The summed E-state index contributed by atoms with van der Waals surface area (Å²) in [6, 6.07) is 3.71. The quantitative estimate of drug-likeness (QED) is 0.893. The smallest absolute Gasteiger partial charge is 0.231 e. The van der Waals surface area contributed by atoms with Gasteiger partial charge < -0.3 is 14.8 Å². The van der Waals surface area contributed by atoms with E-state index in [-0.39, 0.29) is 12.7 Å². The molecule has 1 N–H and O–H groups in total. The van der Waals surface area contributed by atoms with E-state index in [1.165, 1.54) is 6.92 Å². The van der Waals surface area contributed by atoms with Crippen LogP contribution in [0, 0.1) is 0 Å². The second-order valence-corrected chi connectivity index (χ2v) is 4.06. The zero-order valence-electron chi connectivity index (χ0n) is 8.17. The number of ether oxygens (including phenoxy) is 2.